The fourth-order valence-corrected chi connectivity index (χ4v) is 2.43. The van der Waals surface area contributed by atoms with E-state index in [9.17, 15) is 13.6 Å². The lowest BCUT2D eigenvalue weighted by molar-refractivity contribution is -0.143. The van der Waals surface area contributed by atoms with E-state index in [1.54, 1.807) is 0 Å². The van der Waals surface area contributed by atoms with Crippen LogP contribution in [0, 0.1) is 0 Å². The summed E-state index contributed by atoms with van der Waals surface area (Å²) < 4.78 is 28.2. The van der Waals surface area contributed by atoms with Gasteiger partial charge in [-0.1, -0.05) is 67.6 Å². The summed E-state index contributed by atoms with van der Waals surface area (Å²) in [5.41, 5.74) is 1.60. The molecule has 2 aromatic carbocycles. The fourth-order valence-electron chi connectivity index (χ4n) is 2.43. The second kappa shape index (κ2) is 6.61. The highest BCUT2D eigenvalue weighted by Gasteiger charge is 2.40. The first-order valence-corrected chi connectivity index (χ1v) is 7.05. The molecule has 0 saturated heterocycles. The van der Waals surface area contributed by atoms with Gasteiger partial charge in [-0.15, -0.1) is 0 Å². The van der Waals surface area contributed by atoms with Gasteiger partial charge in [0.15, 0.2) is 0 Å². The number of halogens is 2. The van der Waals surface area contributed by atoms with Crippen LogP contribution in [-0.2, 0) is 4.79 Å². The van der Waals surface area contributed by atoms with Gasteiger partial charge in [0, 0.05) is 18.8 Å². The van der Waals surface area contributed by atoms with Crippen LogP contribution in [0.15, 0.2) is 60.7 Å². The first-order chi connectivity index (χ1) is 10.0. The molecule has 110 valence electrons. The van der Waals surface area contributed by atoms with Gasteiger partial charge in [0.2, 0.25) is 5.78 Å². The molecular formula is C18H18F2O. The van der Waals surface area contributed by atoms with Crippen molar-refractivity contribution in [2.24, 2.45) is 0 Å². The van der Waals surface area contributed by atoms with Gasteiger partial charge in [-0.05, 0) is 11.1 Å². The number of ketones is 1. The first-order valence-electron chi connectivity index (χ1n) is 7.05. The molecule has 0 N–H and O–H groups in total. The van der Waals surface area contributed by atoms with Gasteiger partial charge in [0.25, 0.3) is 0 Å². The van der Waals surface area contributed by atoms with Crippen molar-refractivity contribution in [1.29, 1.82) is 0 Å². The van der Waals surface area contributed by atoms with Gasteiger partial charge >= 0.3 is 5.92 Å². The molecule has 3 heteroatoms. The zero-order valence-electron chi connectivity index (χ0n) is 11.9. The number of carbonyl (C=O) groups excluding carboxylic acids is 1. The molecule has 0 aliphatic heterocycles. The highest BCUT2D eigenvalue weighted by atomic mass is 19.3. The van der Waals surface area contributed by atoms with E-state index in [0.29, 0.717) is 0 Å². The molecule has 0 aliphatic carbocycles. The molecule has 2 rings (SSSR count). The quantitative estimate of drug-likeness (QED) is 0.744. The number of alkyl halides is 2. The zero-order valence-corrected chi connectivity index (χ0v) is 11.9. The molecule has 0 aliphatic rings. The van der Waals surface area contributed by atoms with E-state index in [-0.39, 0.29) is 6.42 Å². The molecule has 0 fully saturated rings. The molecular weight excluding hydrogens is 270 g/mol. The molecule has 1 nitrogen and oxygen atoms in total. The van der Waals surface area contributed by atoms with Gasteiger partial charge in [0.05, 0.1) is 0 Å². The summed E-state index contributed by atoms with van der Waals surface area (Å²) in [4.78, 5) is 11.5. The second-order valence-corrected chi connectivity index (χ2v) is 5.06. The number of hydrogen-bond donors (Lipinski definition) is 0. The average molecular weight is 288 g/mol. The number of benzene rings is 2. The molecule has 0 aromatic heterocycles. The normalized spacial score (nSPS) is 11.6. The molecule has 21 heavy (non-hydrogen) atoms. The lowest BCUT2D eigenvalue weighted by atomic mass is 9.85. The Morgan fingerprint density at radius 2 is 1.38 bits per heavy atom. The Balaban J connectivity index is 2.36. The lowest BCUT2D eigenvalue weighted by Gasteiger charge is -2.23. The summed E-state index contributed by atoms with van der Waals surface area (Å²) in [5, 5.41) is 0. The summed E-state index contributed by atoms with van der Waals surface area (Å²) >= 11 is 0. The largest absolute Gasteiger partial charge is 0.306 e. The number of rotatable bonds is 6. The van der Waals surface area contributed by atoms with E-state index < -0.39 is 24.0 Å². The van der Waals surface area contributed by atoms with E-state index in [0.717, 1.165) is 11.1 Å². The number of hydrogen-bond acceptors (Lipinski definition) is 1. The van der Waals surface area contributed by atoms with E-state index in [1.165, 1.54) is 6.92 Å². The Kier molecular flexibility index (Phi) is 4.84. The monoisotopic (exact) mass is 288 g/mol. The Labute approximate surface area is 123 Å². The summed E-state index contributed by atoms with van der Waals surface area (Å²) in [7, 11) is 0. The van der Waals surface area contributed by atoms with Crippen molar-refractivity contribution in [3.8, 4) is 0 Å². The smallest absolute Gasteiger partial charge is 0.293 e. The Bertz CT molecular complexity index is 539. The van der Waals surface area contributed by atoms with Crippen LogP contribution in [0.4, 0.5) is 8.78 Å². The lowest BCUT2D eigenvalue weighted by Crippen LogP contribution is -2.30. The molecule has 0 atom stereocenters. The summed E-state index contributed by atoms with van der Waals surface area (Å²) in [6.45, 7) is 1.47. The minimum absolute atomic E-state index is 0.150. The molecule has 2 aromatic rings. The zero-order chi connectivity index (χ0) is 15.3. The van der Waals surface area contributed by atoms with Gasteiger partial charge < -0.3 is 0 Å². The number of carbonyl (C=O) groups is 1. The van der Waals surface area contributed by atoms with Gasteiger partial charge in [-0.3, -0.25) is 4.79 Å². The predicted octanol–water partition coefficient (Wildman–Crippen LogP) is 4.82. The highest BCUT2D eigenvalue weighted by molar-refractivity contribution is 5.85. The Morgan fingerprint density at radius 3 is 1.76 bits per heavy atom. The topological polar surface area (TPSA) is 17.1 Å². The molecule has 0 heterocycles. The summed E-state index contributed by atoms with van der Waals surface area (Å²) in [6, 6.07) is 18.3. The van der Waals surface area contributed by atoms with Crippen LogP contribution in [-0.4, -0.2) is 11.7 Å². The third kappa shape index (κ3) is 3.75. The Morgan fingerprint density at radius 1 is 0.952 bits per heavy atom. The van der Waals surface area contributed by atoms with Crippen molar-refractivity contribution in [2.75, 3.05) is 0 Å². The summed E-state index contributed by atoms with van der Waals surface area (Å²) in [5.74, 6) is -4.79. The van der Waals surface area contributed by atoms with Crippen LogP contribution in [0.1, 0.15) is 36.8 Å². The molecule has 0 bridgehead atoms. The fraction of sp³-hybridized carbons (Fsp3) is 0.278. The minimum Gasteiger partial charge on any atom is -0.293 e. The van der Waals surface area contributed by atoms with Crippen molar-refractivity contribution in [3.05, 3.63) is 71.8 Å². The van der Waals surface area contributed by atoms with E-state index in [1.807, 2.05) is 60.7 Å². The molecule has 0 radical (unpaired) electrons. The Hall–Kier alpha value is -2.03. The van der Waals surface area contributed by atoms with Crippen molar-refractivity contribution in [1.82, 2.24) is 0 Å². The average Bonchev–Trinajstić information content (AvgIpc) is 2.53. The SMILES string of the molecule is CCC(=O)C(F)(F)CC(c1ccccc1)c1ccccc1. The van der Waals surface area contributed by atoms with E-state index >= 15 is 0 Å². The van der Waals surface area contributed by atoms with E-state index in [4.69, 9.17) is 0 Å². The highest BCUT2D eigenvalue weighted by Crippen LogP contribution is 2.36. The van der Waals surface area contributed by atoms with E-state index in [2.05, 4.69) is 0 Å². The molecule has 0 unspecified atom stereocenters. The number of Topliss-reactive ketones (excluding diaryl/α,β-unsaturated/α-hetero) is 1. The van der Waals surface area contributed by atoms with Crippen LogP contribution in [0.5, 0.6) is 0 Å². The van der Waals surface area contributed by atoms with Crippen molar-refractivity contribution in [2.45, 2.75) is 31.6 Å². The van der Waals surface area contributed by atoms with Crippen LogP contribution in [0.3, 0.4) is 0 Å². The van der Waals surface area contributed by atoms with Crippen LogP contribution < -0.4 is 0 Å². The van der Waals surface area contributed by atoms with Crippen LogP contribution in [0.25, 0.3) is 0 Å². The van der Waals surface area contributed by atoms with Gasteiger partial charge in [-0.25, -0.2) is 0 Å². The third-order valence-electron chi connectivity index (χ3n) is 3.59. The second-order valence-electron chi connectivity index (χ2n) is 5.06. The minimum atomic E-state index is -3.30. The predicted molar refractivity (Wildman–Crippen MR) is 79.6 cm³/mol. The van der Waals surface area contributed by atoms with Crippen molar-refractivity contribution in [3.63, 3.8) is 0 Å². The van der Waals surface area contributed by atoms with Crippen molar-refractivity contribution >= 4 is 5.78 Å². The van der Waals surface area contributed by atoms with Crippen LogP contribution >= 0.6 is 0 Å². The summed E-state index contributed by atoms with van der Waals surface area (Å²) in [6.07, 6.45) is -0.642. The maximum absolute atomic E-state index is 14.1. The maximum atomic E-state index is 14.1. The van der Waals surface area contributed by atoms with Crippen LogP contribution in [0.2, 0.25) is 0 Å². The molecule has 0 amide bonds. The van der Waals surface area contributed by atoms with Gasteiger partial charge in [0.1, 0.15) is 0 Å². The standard InChI is InChI=1S/C18H18F2O/c1-2-17(21)18(19,20)13-16(14-9-5-3-6-10-14)15-11-7-4-8-12-15/h3-12,16H,2,13H2,1H3. The maximum Gasteiger partial charge on any atom is 0.306 e. The third-order valence-corrected chi connectivity index (χ3v) is 3.59. The molecule has 0 saturated carbocycles. The molecule has 0 spiro atoms. The van der Waals surface area contributed by atoms with Gasteiger partial charge in [-0.2, -0.15) is 8.78 Å². The van der Waals surface area contributed by atoms with Crippen molar-refractivity contribution < 1.29 is 13.6 Å². The first kappa shape index (κ1) is 15.4.